The predicted octanol–water partition coefficient (Wildman–Crippen LogP) is 1.46. The molecule has 3 rings (SSSR count). The molecule has 0 bridgehead atoms. The number of rotatable bonds is 1. The minimum absolute atomic E-state index is 0.843. The van der Waals surface area contributed by atoms with Gasteiger partial charge in [-0.1, -0.05) is 6.07 Å². The van der Waals surface area contributed by atoms with E-state index in [1.54, 1.807) is 18.6 Å². The number of nitrogens with zero attached hydrogens (tertiary/aromatic N) is 3. The van der Waals surface area contributed by atoms with E-state index in [-0.39, 0.29) is 0 Å². The molecule has 1 aliphatic heterocycles. The van der Waals surface area contributed by atoms with Crippen molar-refractivity contribution in [1.82, 2.24) is 15.5 Å². The van der Waals surface area contributed by atoms with E-state index in [0.717, 1.165) is 17.2 Å². The summed E-state index contributed by atoms with van der Waals surface area (Å²) in [4.78, 5) is 8.30. The van der Waals surface area contributed by atoms with E-state index in [9.17, 15) is 0 Å². The van der Waals surface area contributed by atoms with Crippen molar-refractivity contribution >= 4 is 17.2 Å². The van der Waals surface area contributed by atoms with Crippen molar-refractivity contribution in [3.05, 3.63) is 42.9 Å². The van der Waals surface area contributed by atoms with E-state index in [0.29, 0.717) is 0 Å². The first kappa shape index (κ1) is 8.19. The Morgan fingerprint density at radius 2 is 2.13 bits per heavy atom. The van der Waals surface area contributed by atoms with E-state index in [1.807, 2.05) is 29.3 Å². The summed E-state index contributed by atoms with van der Waals surface area (Å²) in [5, 5.41) is 1.87. The summed E-state index contributed by atoms with van der Waals surface area (Å²) >= 11 is 0. The molecule has 1 aliphatic rings. The topological polar surface area (TPSA) is 53.1 Å². The quantitative estimate of drug-likeness (QED) is 0.728. The SMILES string of the molecule is c1ccc(N2NNc3cnccc32)nc1. The molecule has 0 unspecified atom stereocenters. The number of hydrogen-bond donors (Lipinski definition) is 2. The van der Waals surface area contributed by atoms with Crippen molar-refractivity contribution in [1.29, 1.82) is 0 Å². The van der Waals surface area contributed by atoms with Gasteiger partial charge in [0, 0.05) is 12.4 Å². The number of fused-ring (bicyclic) bond motifs is 1. The van der Waals surface area contributed by atoms with Crippen molar-refractivity contribution in [3.8, 4) is 0 Å². The summed E-state index contributed by atoms with van der Waals surface area (Å²) < 4.78 is 0. The minimum Gasteiger partial charge on any atom is -0.300 e. The fourth-order valence-electron chi connectivity index (χ4n) is 1.52. The predicted molar refractivity (Wildman–Crippen MR) is 57.4 cm³/mol. The second-order valence-electron chi connectivity index (χ2n) is 3.15. The highest BCUT2D eigenvalue weighted by Gasteiger charge is 2.19. The van der Waals surface area contributed by atoms with Gasteiger partial charge in [0.2, 0.25) is 0 Å². The number of pyridine rings is 2. The maximum Gasteiger partial charge on any atom is 0.148 e. The molecule has 74 valence electrons. The molecular weight excluding hydrogens is 190 g/mol. The highest BCUT2D eigenvalue weighted by Crippen LogP contribution is 2.31. The average molecular weight is 199 g/mol. The molecule has 2 aromatic heterocycles. The summed E-state index contributed by atoms with van der Waals surface area (Å²) in [5.41, 5.74) is 8.01. The summed E-state index contributed by atoms with van der Waals surface area (Å²) in [6.07, 6.45) is 5.28. The maximum atomic E-state index is 4.26. The molecule has 0 amide bonds. The Bertz CT molecular complexity index is 470. The Labute approximate surface area is 86.7 Å². The van der Waals surface area contributed by atoms with E-state index in [2.05, 4.69) is 20.9 Å². The zero-order valence-electron chi connectivity index (χ0n) is 7.88. The standard InChI is InChI=1S/C10H9N5/c1-2-5-12-10(3-1)15-9-4-6-11-7-8(9)13-14-15/h1-7,13-14H. The molecule has 0 saturated heterocycles. The van der Waals surface area contributed by atoms with Crippen LogP contribution < -0.4 is 16.0 Å². The summed E-state index contributed by atoms with van der Waals surface area (Å²) in [5.74, 6) is 0.843. The van der Waals surface area contributed by atoms with Gasteiger partial charge in [-0.25, -0.2) is 9.99 Å². The first-order valence-corrected chi connectivity index (χ1v) is 4.62. The number of hydrazine groups is 2. The molecule has 0 fully saturated rings. The summed E-state index contributed by atoms with van der Waals surface area (Å²) in [6, 6.07) is 7.70. The van der Waals surface area contributed by atoms with Gasteiger partial charge in [-0.05, 0) is 18.2 Å². The van der Waals surface area contributed by atoms with Crippen LogP contribution in [0, 0.1) is 0 Å². The molecule has 0 spiro atoms. The smallest absolute Gasteiger partial charge is 0.148 e. The zero-order valence-corrected chi connectivity index (χ0v) is 7.88. The number of nitrogens with one attached hydrogen (secondary N) is 2. The lowest BCUT2D eigenvalue weighted by Crippen LogP contribution is -2.32. The minimum atomic E-state index is 0.843. The molecule has 2 N–H and O–H groups in total. The lowest BCUT2D eigenvalue weighted by atomic mass is 10.3. The van der Waals surface area contributed by atoms with Crippen LogP contribution in [0.2, 0.25) is 0 Å². The number of hydrogen-bond acceptors (Lipinski definition) is 5. The molecule has 5 heteroatoms. The van der Waals surface area contributed by atoms with Crippen LogP contribution in [0.1, 0.15) is 0 Å². The van der Waals surface area contributed by atoms with Crippen molar-refractivity contribution in [2.24, 2.45) is 0 Å². The third-order valence-corrected chi connectivity index (χ3v) is 2.22. The van der Waals surface area contributed by atoms with Crippen LogP contribution >= 0.6 is 0 Å². The average Bonchev–Trinajstić information content (AvgIpc) is 2.74. The number of aromatic nitrogens is 2. The lowest BCUT2D eigenvalue weighted by molar-refractivity contribution is 0.846. The maximum absolute atomic E-state index is 4.26. The van der Waals surface area contributed by atoms with Gasteiger partial charge in [0.05, 0.1) is 17.6 Å². The first-order chi connectivity index (χ1) is 7.45. The molecule has 0 radical (unpaired) electrons. The van der Waals surface area contributed by atoms with Crippen LogP contribution in [-0.4, -0.2) is 9.97 Å². The van der Waals surface area contributed by atoms with Crippen molar-refractivity contribution < 1.29 is 0 Å². The van der Waals surface area contributed by atoms with Crippen LogP contribution in [-0.2, 0) is 0 Å². The van der Waals surface area contributed by atoms with Crippen LogP contribution in [0.4, 0.5) is 17.2 Å². The summed E-state index contributed by atoms with van der Waals surface area (Å²) in [6.45, 7) is 0. The Hall–Kier alpha value is -2.14. The Kier molecular flexibility index (Phi) is 1.76. The van der Waals surface area contributed by atoms with Crippen molar-refractivity contribution in [3.63, 3.8) is 0 Å². The van der Waals surface area contributed by atoms with Gasteiger partial charge in [-0.15, -0.1) is 5.53 Å². The van der Waals surface area contributed by atoms with Crippen molar-refractivity contribution in [2.75, 3.05) is 10.4 Å². The van der Waals surface area contributed by atoms with Crippen molar-refractivity contribution in [2.45, 2.75) is 0 Å². The number of anilines is 3. The normalized spacial score (nSPS) is 13.5. The zero-order chi connectivity index (χ0) is 10.1. The van der Waals surface area contributed by atoms with Gasteiger partial charge in [-0.2, -0.15) is 0 Å². The van der Waals surface area contributed by atoms with Crippen LogP contribution in [0.5, 0.6) is 0 Å². The van der Waals surface area contributed by atoms with Gasteiger partial charge in [0.1, 0.15) is 5.82 Å². The largest absolute Gasteiger partial charge is 0.300 e. The molecule has 15 heavy (non-hydrogen) atoms. The fourth-order valence-corrected chi connectivity index (χ4v) is 1.52. The summed E-state index contributed by atoms with van der Waals surface area (Å²) in [7, 11) is 0. The van der Waals surface area contributed by atoms with E-state index in [1.165, 1.54) is 0 Å². The third-order valence-electron chi connectivity index (χ3n) is 2.22. The van der Waals surface area contributed by atoms with Gasteiger partial charge < -0.3 is 0 Å². The van der Waals surface area contributed by atoms with E-state index < -0.39 is 0 Å². The molecular formula is C10H9N5. The Balaban J connectivity index is 2.05. The Morgan fingerprint density at radius 3 is 3.00 bits per heavy atom. The van der Waals surface area contributed by atoms with Gasteiger partial charge in [0.25, 0.3) is 0 Å². The lowest BCUT2D eigenvalue weighted by Gasteiger charge is -2.15. The molecule has 0 aliphatic carbocycles. The van der Waals surface area contributed by atoms with Crippen LogP contribution in [0.15, 0.2) is 42.9 Å². The monoisotopic (exact) mass is 199 g/mol. The van der Waals surface area contributed by atoms with Gasteiger partial charge in [0.15, 0.2) is 0 Å². The first-order valence-electron chi connectivity index (χ1n) is 4.62. The van der Waals surface area contributed by atoms with Gasteiger partial charge >= 0.3 is 0 Å². The highest BCUT2D eigenvalue weighted by molar-refractivity contribution is 5.76. The highest BCUT2D eigenvalue weighted by atomic mass is 15.7. The third kappa shape index (κ3) is 1.29. The molecule has 0 aromatic carbocycles. The molecule has 5 nitrogen and oxygen atoms in total. The second kappa shape index (κ2) is 3.21. The van der Waals surface area contributed by atoms with Crippen LogP contribution in [0.25, 0.3) is 0 Å². The Morgan fingerprint density at radius 1 is 1.13 bits per heavy atom. The van der Waals surface area contributed by atoms with Crippen LogP contribution in [0.3, 0.4) is 0 Å². The molecule has 0 atom stereocenters. The molecule has 2 aromatic rings. The van der Waals surface area contributed by atoms with Gasteiger partial charge in [-0.3, -0.25) is 10.4 Å². The molecule has 3 heterocycles. The fraction of sp³-hybridized carbons (Fsp3) is 0. The molecule has 0 saturated carbocycles. The second-order valence-corrected chi connectivity index (χ2v) is 3.15. The van der Waals surface area contributed by atoms with E-state index >= 15 is 0 Å². The van der Waals surface area contributed by atoms with E-state index in [4.69, 9.17) is 0 Å².